The van der Waals surface area contributed by atoms with Gasteiger partial charge in [-0.3, -0.25) is 4.98 Å². The Balaban J connectivity index is 2.11. The molecule has 0 saturated carbocycles. The smallest absolute Gasteiger partial charge is 0.0983 e. The van der Waals surface area contributed by atoms with Crippen molar-refractivity contribution < 1.29 is 9.47 Å². The maximum Gasteiger partial charge on any atom is 0.0983 e. The van der Waals surface area contributed by atoms with E-state index in [4.69, 9.17) is 9.47 Å². The number of rotatable bonds is 5. The third kappa shape index (κ3) is 3.89. The Bertz CT molecular complexity index is 396. The van der Waals surface area contributed by atoms with Gasteiger partial charge in [0.05, 0.1) is 30.7 Å². The van der Waals surface area contributed by atoms with E-state index in [2.05, 4.69) is 34.9 Å². The minimum Gasteiger partial charge on any atom is -0.382 e. The molecule has 5 heteroatoms. The van der Waals surface area contributed by atoms with Crippen LogP contribution in [0, 0.1) is 0 Å². The molecule has 2 heterocycles. The molecule has 1 aromatic rings. The standard InChI is InChI=1S/C14H23N3O2/c1-16(2)10-13-14(5-4-6-15-13)17-7-8-19-12(9-17)11-18-3/h4-6,12H,7-11H2,1-3H3. The molecule has 1 fully saturated rings. The van der Waals surface area contributed by atoms with Crippen molar-refractivity contribution in [2.45, 2.75) is 12.6 Å². The summed E-state index contributed by atoms with van der Waals surface area (Å²) in [5.74, 6) is 0. The number of aromatic nitrogens is 1. The molecule has 0 radical (unpaired) electrons. The number of ether oxygens (including phenoxy) is 2. The van der Waals surface area contributed by atoms with E-state index in [-0.39, 0.29) is 6.10 Å². The molecule has 19 heavy (non-hydrogen) atoms. The Hall–Kier alpha value is -1.17. The SMILES string of the molecule is COCC1CN(c2cccnc2CN(C)C)CCO1. The Kier molecular flexibility index (Phi) is 5.13. The molecule has 1 saturated heterocycles. The summed E-state index contributed by atoms with van der Waals surface area (Å²) in [6, 6.07) is 4.14. The molecule has 0 amide bonds. The van der Waals surface area contributed by atoms with E-state index < -0.39 is 0 Å². The van der Waals surface area contributed by atoms with Gasteiger partial charge in [-0.2, -0.15) is 0 Å². The average Bonchev–Trinajstić information content (AvgIpc) is 2.39. The van der Waals surface area contributed by atoms with E-state index in [1.807, 2.05) is 12.3 Å². The highest BCUT2D eigenvalue weighted by molar-refractivity contribution is 5.50. The summed E-state index contributed by atoms with van der Waals surface area (Å²) in [5, 5.41) is 0. The van der Waals surface area contributed by atoms with Gasteiger partial charge in [-0.1, -0.05) is 0 Å². The first kappa shape index (κ1) is 14.2. The molecular weight excluding hydrogens is 242 g/mol. The molecule has 5 nitrogen and oxygen atoms in total. The van der Waals surface area contributed by atoms with Crippen molar-refractivity contribution in [1.82, 2.24) is 9.88 Å². The van der Waals surface area contributed by atoms with Crippen LogP contribution in [0.5, 0.6) is 0 Å². The third-order valence-corrected chi connectivity index (χ3v) is 3.16. The Labute approximate surface area is 115 Å². The normalized spacial score (nSPS) is 20.0. The van der Waals surface area contributed by atoms with Gasteiger partial charge in [0.25, 0.3) is 0 Å². The van der Waals surface area contributed by atoms with Gasteiger partial charge in [-0.05, 0) is 26.2 Å². The summed E-state index contributed by atoms with van der Waals surface area (Å²) in [6.45, 7) is 4.00. The van der Waals surface area contributed by atoms with Gasteiger partial charge in [0.2, 0.25) is 0 Å². The largest absolute Gasteiger partial charge is 0.382 e. The second-order valence-corrected chi connectivity index (χ2v) is 5.10. The molecule has 1 aliphatic heterocycles. The third-order valence-electron chi connectivity index (χ3n) is 3.16. The Morgan fingerprint density at radius 2 is 2.37 bits per heavy atom. The summed E-state index contributed by atoms with van der Waals surface area (Å²) < 4.78 is 10.9. The van der Waals surface area contributed by atoms with E-state index in [1.165, 1.54) is 5.69 Å². The molecule has 0 N–H and O–H groups in total. The molecule has 1 atom stereocenters. The fourth-order valence-corrected chi connectivity index (χ4v) is 2.36. The van der Waals surface area contributed by atoms with Gasteiger partial charge >= 0.3 is 0 Å². The zero-order valence-corrected chi connectivity index (χ0v) is 12.0. The van der Waals surface area contributed by atoms with E-state index >= 15 is 0 Å². The van der Waals surface area contributed by atoms with Crippen molar-refractivity contribution in [3.8, 4) is 0 Å². The van der Waals surface area contributed by atoms with Gasteiger partial charge in [-0.25, -0.2) is 0 Å². The number of morpholine rings is 1. The zero-order valence-electron chi connectivity index (χ0n) is 12.0. The second-order valence-electron chi connectivity index (χ2n) is 5.10. The van der Waals surface area contributed by atoms with Crippen molar-refractivity contribution >= 4 is 5.69 Å². The first-order valence-corrected chi connectivity index (χ1v) is 6.65. The molecule has 0 aliphatic carbocycles. The van der Waals surface area contributed by atoms with Gasteiger partial charge < -0.3 is 19.3 Å². The maximum atomic E-state index is 5.69. The van der Waals surface area contributed by atoms with Crippen LogP contribution >= 0.6 is 0 Å². The van der Waals surface area contributed by atoms with Crippen LogP contribution in [0.25, 0.3) is 0 Å². The van der Waals surface area contributed by atoms with Crippen LogP contribution in [-0.4, -0.2) is 63.5 Å². The first-order valence-electron chi connectivity index (χ1n) is 6.65. The minimum atomic E-state index is 0.145. The quantitative estimate of drug-likeness (QED) is 0.794. The first-order chi connectivity index (χ1) is 9.20. The predicted octanol–water partition coefficient (Wildman–Crippen LogP) is 0.995. The number of hydrogen-bond donors (Lipinski definition) is 0. The number of hydrogen-bond acceptors (Lipinski definition) is 5. The summed E-state index contributed by atoms with van der Waals surface area (Å²) in [4.78, 5) is 8.99. The highest BCUT2D eigenvalue weighted by Gasteiger charge is 2.22. The molecular formula is C14H23N3O2. The van der Waals surface area contributed by atoms with Crippen LogP contribution in [0.3, 0.4) is 0 Å². The number of methoxy groups -OCH3 is 1. The van der Waals surface area contributed by atoms with Crippen molar-refractivity contribution in [2.24, 2.45) is 0 Å². The monoisotopic (exact) mass is 265 g/mol. The molecule has 0 spiro atoms. The lowest BCUT2D eigenvalue weighted by molar-refractivity contribution is -0.0101. The van der Waals surface area contributed by atoms with Gasteiger partial charge in [0, 0.05) is 32.9 Å². The van der Waals surface area contributed by atoms with Crippen LogP contribution in [-0.2, 0) is 16.0 Å². The summed E-state index contributed by atoms with van der Waals surface area (Å²) in [7, 11) is 5.83. The topological polar surface area (TPSA) is 37.8 Å². The highest BCUT2D eigenvalue weighted by Crippen LogP contribution is 2.21. The molecule has 0 aromatic carbocycles. The molecule has 1 unspecified atom stereocenters. The summed E-state index contributed by atoms with van der Waals surface area (Å²) in [5.41, 5.74) is 2.33. The van der Waals surface area contributed by atoms with Crippen molar-refractivity contribution in [3.05, 3.63) is 24.0 Å². The van der Waals surface area contributed by atoms with Crippen LogP contribution < -0.4 is 4.90 Å². The van der Waals surface area contributed by atoms with Gasteiger partial charge in [0.1, 0.15) is 0 Å². The van der Waals surface area contributed by atoms with Crippen LogP contribution in [0.4, 0.5) is 5.69 Å². The summed E-state index contributed by atoms with van der Waals surface area (Å²) in [6.07, 6.45) is 2.00. The minimum absolute atomic E-state index is 0.145. The summed E-state index contributed by atoms with van der Waals surface area (Å²) >= 11 is 0. The van der Waals surface area contributed by atoms with Crippen LogP contribution in [0.15, 0.2) is 18.3 Å². The molecule has 106 valence electrons. The second kappa shape index (κ2) is 6.84. The molecule has 0 bridgehead atoms. The zero-order chi connectivity index (χ0) is 13.7. The number of pyridine rings is 1. The van der Waals surface area contributed by atoms with Crippen molar-refractivity contribution in [3.63, 3.8) is 0 Å². The number of anilines is 1. The van der Waals surface area contributed by atoms with Crippen molar-refractivity contribution in [2.75, 3.05) is 52.4 Å². The fourth-order valence-electron chi connectivity index (χ4n) is 2.36. The molecule has 1 aromatic heterocycles. The Morgan fingerprint density at radius 1 is 1.53 bits per heavy atom. The maximum absolute atomic E-state index is 5.69. The lowest BCUT2D eigenvalue weighted by Gasteiger charge is -2.35. The Morgan fingerprint density at radius 3 is 3.11 bits per heavy atom. The lowest BCUT2D eigenvalue weighted by atomic mass is 10.2. The van der Waals surface area contributed by atoms with Gasteiger partial charge in [0.15, 0.2) is 0 Å². The fraction of sp³-hybridized carbons (Fsp3) is 0.643. The predicted molar refractivity (Wildman–Crippen MR) is 75.5 cm³/mol. The van der Waals surface area contributed by atoms with Crippen LogP contribution in [0.2, 0.25) is 0 Å². The molecule has 1 aliphatic rings. The van der Waals surface area contributed by atoms with E-state index in [0.717, 1.165) is 31.9 Å². The van der Waals surface area contributed by atoms with E-state index in [0.29, 0.717) is 6.61 Å². The lowest BCUT2D eigenvalue weighted by Crippen LogP contribution is -2.45. The number of nitrogens with zero attached hydrogens (tertiary/aromatic N) is 3. The van der Waals surface area contributed by atoms with Gasteiger partial charge in [-0.15, -0.1) is 0 Å². The molecule has 2 rings (SSSR count). The van der Waals surface area contributed by atoms with E-state index in [9.17, 15) is 0 Å². The van der Waals surface area contributed by atoms with E-state index in [1.54, 1.807) is 7.11 Å². The van der Waals surface area contributed by atoms with Crippen LogP contribution in [0.1, 0.15) is 5.69 Å². The average molecular weight is 265 g/mol. The highest BCUT2D eigenvalue weighted by atomic mass is 16.5. The van der Waals surface area contributed by atoms with Crippen molar-refractivity contribution in [1.29, 1.82) is 0 Å².